The third kappa shape index (κ3) is 3.20. The lowest BCUT2D eigenvalue weighted by Crippen LogP contribution is -2.32. The number of nitro benzene ring substituents is 1. The Balaban J connectivity index is 2.11. The maximum absolute atomic E-state index is 10.9. The summed E-state index contributed by atoms with van der Waals surface area (Å²) in [6, 6.07) is 7.01. The van der Waals surface area contributed by atoms with Crippen molar-refractivity contribution in [2.75, 3.05) is 5.32 Å². The summed E-state index contributed by atoms with van der Waals surface area (Å²) in [4.78, 5) is 10.4. The summed E-state index contributed by atoms with van der Waals surface area (Å²) in [6.07, 6.45) is 3.87. The molecule has 0 aromatic heterocycles. The average Bonchev–Trinajstić information content (AvgIpc) is 2.41. The molecule has 1 aromatic rings. The predicted molar refractivity (Wildman–Crippen MR) is 71.7 cm³/mol. The average molecular weight is 260 g/mol. The molecule has 1 fully saturated rings. The van der Waals surface area contributed by atoms with Crippen molar-refractivity contribution in [2.24, 2.45) is 5.73 Å². The molecule has 6 heteroatoms. The van der Waals surface area contributed by atoms with Crippen LogP contribution in [0.15, 0.2) is 18.2 Å². The number of anilines is 1. The molecule has 6 nitrogen and oxygen atoms in total. The first-order valence-electron chi connectivity index (χ1n) is 6.31. The van der Waals surface area contributed by atoms with Crippen molar-refractivity contribution in [3.8, 4) is 6.07 Å². The molecule has 1 saturated carbocycles. The van der Waals surface area contributed by atoms with E-state index < -0.39 is 4.92 Å². The topological polar surface area (TPSA) is 105 Å². The number of nitrogens with two attached hydrogens (primary N) is 1. The largest absolute Gasteiger partial charge is 0.382 e. The van der Waals surface area contributed by atoms with Crippen LogP contribution in [-0.4, -0.2) is 17.0 Å². The molecule has 19 heavy (non-hydrogen) atoms. The fraction of sp³-hybridized carbons (Fsp3) is 0.462. The molecule has 0 aliphatic heterocycles. The van der Waals surface area contributed by atoms with Gasteiger partial charge < -0.3 is 11.1 Å². The summed E-state index contributed by atoms with van der Waals surface area (Å²) in [6.45, 7) is 0. The van der Waals surface area contributed by atoms with Crippen LogP contribution in [0.5, 0.6) is 0 Å². The zero-order valence-corrected chi connectivity index (χ0v) is 10.5. The predicted octanol–water partition coefficient (Wildman–Crippen LogP) is 2.15. The number of nitro groups is 1. The number of nitriles is 1. The van der Waals surface area contributed by atoms with Gasteiger partial charge in [-0.25, -0.2) is 0 Å². The van der Waals surface area contributed by atoms with Crippen molar-refractivity contribution in [1.82, 2.24) is 0 Å². The third-order valence-electron chi connectivity index (χ3n) is 3.46. The Morgan fingerprint density at radius 3 is 2.63 bits per heavy atom. The summed E-state index contributed by atoms with van der Waals surface area (Å²) < 4.78 is 0. The lowest BCUT2D eigenvalue weighted by molar-refractivity contribution is -0.385. The van der Waals surface area contributed by atoms with Crippen LogP contribution in [-0.2, 0) is 0 Å². The van der Waals surface area contributed by atoms with Gasteiger partial charge in [0.15, 0.2) is 0 Å². The first-order valence-corrected chi connectivity index (χ1v) is 6.31. The van der Waals surface area contributed by atoms with E-state index in [0.29, 0.717) is 11.7 Å². The second-order valence-corrected chi connectivity index (χ2v) is 4.86. The summed E-state index contributed by atoms with van der Waals surface area (Å²) in [7, 11) is 0. The zero-order chi connectivity index (χ0) is 13.8. The molecule has 0 saturated heterocycles. The van der Waals surface area contributed by atoms with Gasteiger partial charge in [0, 0.05) is 23.8 Å². The van der Waals surface area contributed by atoms with E-state index in [1.165, 1.54) is 12.1 Å². The highest BCUT2D eigenvalue weighted by molar-refractivity contribution is 5.59. The first kappa shape index (κ1) is 13.3. The second kappa shape index (κ2) is 5.67. The van der Waals surface area contributed by atoms with E-state index in [0.717, 1.165) is 25.7 Å². The Kier molecular flexibility index (Phi) is 3.97. The van der Waals surface area contributed by atoms with Gasteiger partial charge in [-0.2, -0.15) is 5.26 Å². The molecule has 1 aliphatic rings. The van der Waals surface area contributed by atoms with E-state index in [1.54, 1.807) is 6.07 Å². The van der Waals surface area contributed by atoms with Crippen LogP contribution in [0.2, 0.25) is 0 Å². The third-order valence-corrected chi connectivity index (χ3v) is 3.46. The Hall–Kier alpha value is -2.13. The molecular weight excluding hydrogens is 244 g/mol. The molecule has 2 rings (SSSR count). The van der Waals surface area contributed by atoms with Crippen LogP contribution in [0.25, 0.3) is 0 Å². The van der Waals surface area contributed by atoms with Gasteiger partial charge in [-0.15, -0.1) is 0 Å². The van der Waals surface area contributed by atoms with Gasteiger partial charge in [-0.1, -0.05) is 0 Å². The van der Waals surface area contributed by atoms with Crippen molar-refractivity contribution in [1.29, 1.82) is 5.26 Å². The van der Waals surface area contributed by atoms with E-state index in [1.807, 2.05) is 6.07 Å². The molecule has 0 unspecified atom stereocenters. The highest BCUT2D eigenvalue weighted by Crippen LogP contribution is 2.26. The lowest BCUT2D eigenvalue weighted by atomic mass is 9.91. The molecule has 1 aromatic carbocycles. The van der Waals surface area contributed by atoms with Crippen LogP contribution in [0, 0.1) is 21.4 Å². The number of benzene rings is 1. The molecule has 0 amide bonds. The zero-order valence-electron chi connectivity index (χ0n) is 10.5. The number of nitrogens with zero attached hydrogens (tertiary/aromatic N) is 2. The van der Waals surface area contributed by atoms with Crippen LogP contribution >= 0.6 is 0 Å². The van der Waals surface area contributed by atoms with Gasteiger partial charge in [-0.05, 0) is 37.8 Å². The van der Waals surface area contributed by atoms with Crippen LogP contribution < -0.4 is 11.1 Å². The minimum atomic E-state index is -0.527. The summed E-state index contributed by atoms with van der Waals surface area (Å²) in [5.41, 5.74) is 6.46. The van der Waals surface area contributed by atoms with Gasteiger partial charge in [0.1, 0.15) is 11.6 Å². The SMILES string of the molecule is N#Cc1ccc(NC2CCC(N)CC2)cc1[N+](=O)[O-]. The highest BCUT2D eigenvalue weighted by atomic mass is 16.6. The van der Waals surface area contributed by atoms with Crippen molar-refractivity contribution in [3.05, 3.63) is 33.9 Å². The Morgan fingerprint density at radius 1 is 1.37 bits per heavy atom. The van der Waals surface area contributed by atoms with Crippen molar-refractivity contribution in [2.45, 2.75) is 37.8 Å². The van der Waals surface area contributed by atoms with Crippen LogP contribution in [0.1, 0.15) is 31.2 Å². The second-order valence-electron chi connectivity index (χ2n) is 4.86. The van der Waals surface area contributed by atoms with E-state index in [-0.39, 0.29) is 17.3 Å². The molecule has 0 heterocycles. The number of hydrogen-bond acceptors (Lipinski definition) is 5. The molecular formula is C13H16N4O2. The van der Waals surface area contributed by atoms with Crippen molar-refractivity contribution in [3.63, 3.8) is 0 Å². The fourth-order valence-corrected chi connectivity index (χ4v) is 2.37. The standard InChI is InChI=1S/C13H16N4O2/c14-8-9-1-4-12(7-13(9)17(18)19)16-11-5-2-10(15)3-6-11/h1,4,7,10-11,16H,2-3,5-6,15H2. The molecule has 0 atom stereocenters. The van der Waals surface area contributed by atoms with Crippen molar-refractivity contribution >= 4 is 11.4 Å². The number of hydrogen-bond donors (Lipinski definition) is 2. The molecule has 0 spiro atoms. The Labute approximate surface area is 111 Å². The fourth-order valence-electron chi connectivity index (χ4n) is 2.37. The highest BCUT2D eigenvalue weighted by Gasteiger charge is 2.20. The minimum Gasteiger partial charge on any atom is -0.382 e. The molecule has 3 N–H and O–H groups in total. The van der Waals surface area contributed by atoms with Gasteiger partial charge in [0.25, 0.3) is 5.69 Å². The van der Waals surface area contributed by atoms with Gasteiger partial charge in [0.2, 0.25) is 0 Å². The summed E-state index contributed by atoms with van der Waals surface area (Å²) in [5.74, 6) is 0. The van der Waals surface area contributed by atoms with E-state index in [9.17, 15) is 10.1 Å². The maximum atomic E-state index is 10.9. The molecule has 100 valence electrons. The minimum absolute atomic E-state index is 0.0845. The van der Waals surface area contributed by atoms with Crippen molar-refractivity contribution < 1.29 is 4.92 Å². The number of nitrogens with one attached hydrogen (secondary N) is 1. The van der Waals surface area contributed by atoms with Crippen LogP contribution in [0.3, 0.4) is 0 Å². The Morgan fingerprint density at radius 2 is 2.05 bits per heavy atom. The first-order chi connectivity index (χ1) is 9.10. The lowest BCUT2D eigenvalue weighted by Gasteiger charge is -2.27. The number of rotatable bonds is 3. The normalized spacial score (nSPS) is 22.5. The molecule has 0 bridgehead atoms. The molecule has 1 aliphatic carbocycles. The molecule has 0 radical (unpaired) electrons. The Bertz CT molecular complexity index is 516. The monoisotopic (exact) mass is 260 g/mol. The van der Waals surface area contributed by atoms with E-state index in [4.69, 9.17) is 11.0 Å². The van der Waals surface area contributed by atoms with Gasteiger partial charge in [0.05, 0.1) is 4.92 Å². The quantitative estimate of drug-likeness (QED) is 0.640. The van der Waals surface area contributed by atoms with E-state index >= 15 is 0 Å². The van der Waals surface area contributed by atoms with Crippen LogP contribution in [0.4, 0.5) is 11.4 Å². The summed E-state index contributed by atoms with van der Waals surface area (Å²) >= 11 is 0. The maximum Gasteiger partial charge on any atom is 0.289 e. The smallest absolute Gasteiger partial charge is 0.289 e. The van der Waals surface area contributed by atoms with Gasteiger partial charge >= 0.3 is 0 Å². The van der Waals surface area contributed by atoms with E-state index in [2.05, 4.69) is 5.32 Å². The summed E-state index contributed by atoms with van der Waals surface area (Å²) in [5, 5.41) is 23.0. The van der Waals surface area contributed by atoms with Gasteiger partial charge in [-0.3, -0.25) is 10.1 Å².